The van der Waals surface area contributed by atoms with E-state index in [2.05, 4.69) is 15.7 Å². The molecule has 0 aromatic heterocycles. The summed E-state index contributed by atoms with van der Waals surface area (Å²) >= 11 is 0.579. The molecule has 0 bridgehead atoms. The molecule has 152 valence electrons. The molecule has 2 aliphatic rings. The van der Waals surface area contributed by atoms with Gasteiger partial charge in [0.1, 0.15) is 0 Å². The van der Waals surface area contributed by atoms with Gasteiger partial charge in [-0.3, -0.25) is 4.79 Å². The molecule has 6 heteroatoms. The van der Waals surface area contributed by atoms with Gasteiger partial charge in [0.2, 0.25) is 5.91 Å². The van der Waals surface area contributed by atoms with Crippen LogP contribution >= 0.6 is 0 Å². The first-order chi connectivity index (χ1) is 14.1. The molecule has 1 unspecified atom stereocenters. The van der Waals surface area contributed by atoms with Crippen molar-refractivity contribution in [1.29, 1.82) is 0 Å². The van der Waals surface area contributed by atoms with Gasteiger partial charge in [0.05, 0.1) is 0 Å². The molecule has 29 heavy (non-hydrogen) atoms. The van der Waals surface area contributed by atoms with E-state index in [1.54, 1.807) is 0 Å². The molecular formula is C23H27N3O2S. The molecule has 0 fully saturated rings. The van der Waals surface area contributed by atoms with Crippen molar-refractivity contribution >= 4 is 29.2 Å². The Bertz CT molecular complexity index is 924. The van der Waals surface area contributed by atoms with Crippen molar-refractivity contribution in [1.82, 2.24) is 0 Å². The third kappa shape index (κ3) is 4.75. The second-order valence-corrected chi connectivity index (χ2v) is 9.05. The van der Waals surface area contributed by atoms with Gasteiger partial charge in [-0.05, 0) is 72.8 Å². The number of amides is 3. The van der Waals surface area contributed by atoms with Crippen LogP contribution in [0.15, 0.2) is 40.8 Å². The van der Waals surface area contributed by atoms with E-state index in [0.29, 0.717) is 18.0 Å². The van der Waals surface area contributed by atoms with Gasteiger partial charge in [0.25, 0.3) is 0 Å². The monoisotopic (exact) mass is 409 g/mol. The van der Waals surface area contributed by atoms with Gasteiger partial charge in [-0.25, -0.2) is 4.79 Å². The Morgan fingerprint density at radius 3 is 2.31 bits per heavy atom. The largest absolute Gasteiger partial charge is 0.370 e. The lowest BCUT2D eigenvalue weighted by atomic mass is 9.99. The summed E-state index contributed by atoms with van der Waals surface area (Å²) in [5, 5.41) is 2.98. The Morgan fingerprint density at radius 2 is 1.69 bits per heavy atom. The topological polar surface area (TPSA) is 84.6 Å². The van der Waals surface area contributed by atoms with Crippen molar-refractivity contribution < 1.29 is 9.59 Å². The maximum atomic E-state index is 12.7. The number of rotatable bonds is 6. The van der Waals surface area contributed by atoms with Crippen molar-refractivity contribution in [2.24, 2.45) is 10.1 Å². The van der Waals surface area contributed by atoms with Gasteiger partial charge in [-0.2, -0.15) is 4.36 Å². The number of aryl methyl sites for hydroxylation is 2. The zero-order chi connectivity index (χ0) is 20.2. The summed E-state index contributed by atoms with van der Waals surface area (Å²) in [7, 11) is 0. The van der Waals surface area contributed by atoms with Crippen molar-refractivity contribution in [3.05, 3.63) is 64.2 Å². The van der Waals surface area contributed by atoms with Gasteiger partial charge in [-0.1, -0.05) is 36.4 Å². The molecule has 2 aromatic carbocycles. The van der Waals surface area contributed by atoms with E-state index < -0.39 is 0 Å². The first kappa shape index (κ1) is 19.8. The predicted molar refractivity (Wildman–Crippen MR) is 118 cm³/mol. The van der Waals surface area contributed by atoms with Crippen molar-refractivity contribution in [2.75, 3.05) is 5.32 Å². The summed E-state index contributed by atoms with van der Waals surface area (Å²) in [5.41, 5.74) is 12.9. The number of nitrogens with zero attached hydrogens (tertiary/aromatic N) is 1. The Balaban J connectivity index is 1.50. The highest BCUT2D eigenvalue weighted by Gasteiger charge is 2.24. The molecule has 0 heterocycles. The highest BCUT2D eigenvalue weighted by Crippen LogP contribution is 2.38. The number of anilines is 1. The second-order valence-electron chi connectivity index (χ2n) is 7.89. The van der Waals surface area contributed by atoms with E-state index in [0.717, 1.165) is 49.8 Å². The Morgan fingerprint density at radius 1 is 1.03 bits per heavy atom. The lowest BCUT2D eigenvalue weighted by Crippen LogP contribution is -2.22. The third-order valence-corrected chi connectivity index (χ3v) is 6.76. The molecule has 0 radical (unpaired) electrons. The van der Waals surface area contributed by atoms with E-state index in [1.807, 2.05) is 30.3 Å². The summed E-state index contributed by atoms with van der Waals surface area (Å²) in [5.74, 6) is -0.368. The number of carbonyl (C=O) groups excluding carboxylic acids is 2. The minimum Gasteiger partial charge on any atom is -0.370 e. The number of fused-ring (bicyclic) bond motifs is 2. The first-order valence-electron chi connectivity index (χ1n) is 10.3. The fourth-order valence-electron chi connectivity index (χ4n) is 4.51. The van der Waals surface area contributed by atoms with E-state index in [-0.39, 0.29) is 23.6 Å². The number of thiol groups is 1. The fourth-order valence-corrected chi connectivity index (χ4v) is 5.38. The molecule has 3 amide bonds. The smallest absolute Gasteiger partial charge is 0.351 e. The van der Waals surface area contributed by atoms with Crippen LogP contribution in [0.2, 0.25) is 0 Å². The zero-order valence-corrected chi connectivity index (χ0v) is 17.4. The molecule has 4 rings (SSSR count). The number of hydrogen-bond donors (Lipinski definition) is 3. The molecule has 0 aliphatic heterocycles. The Hall–Kier alpha value is -2.47. The molecule has 5 nitrogen and oxygen atoms in total. The molecule has 0 spiro atoms. The van der Waals surface area contributed by atoms with E-state index in [9.17, 15) is 9.59 Å². The minimum absolute atomic E-state index is 0.104. The van der Waals surface area contributed by atoms with Crippen LogP contribution in [0, 0.1) is 0 Å². The molecular weight excluding hydrogens is 382 g/mol. The summed E-state index contributed by atoms with van der Waals surface area (Å²) in [6.07, 6.45) is 7.41. The summed E-state index contributed by atoms with van der Waals surface area (Å²) in [4.78, 5) is 24.1. The lowest BCUT2D eigenvalue weighted by molar-refractivity contribution is -0.118. The van der Waals surface area contributed by atoms with E-state index in [4.69, 9.17) is 5.73 Å². The van der Waals surface area contributed by atoms with Crippen LogP contribution in [0.3, 0.4) is 0 Å². The van der Waals surface area contributed by atoms with Gasteiger partial charge in [-0.15, -0.1) is 11.6 Å². The molecule has 2 aromatic rings. The van der Waals surface area contributed by atoms with Gasteiger partial charge in [0, 0.05) is 17.4 Å². The van der Waals surface area contributed by atoms with Gasteiger partial charge < -0.3 is 11.1 Å². The van der Waals surface area contributed by atoms with Crippen LogP contribution in [0.1, 0.15) is 47.1 Å². The number of benzene rings is 2. The van der Waals surface area contributed by atoms with Crippen LogP contribution in [0.4, 0.5) is 10.5 Å². The Kier molecular flexibility index (Phi) is 6.09. The normalized spacial score (nSPS) is 16.1. The number of nitrogens with two attached hydrogens (primary N) is 1. The number of urea groups is 1. The molecule has 3 N–H and O–H groups in total. The summed E-state index contributed by atoms with van der Waals surface area (Å²) < 4.78 is 4.23. The summed E-state index contributed by atoms with van der Waals surface area (Å²) in [6.45, 7) is 0. The number of primary amides is 1. The average molecular weight is 410 g/mol. The fraction of sp³-hybridized carbons (Fsp3) is 0.391. The van der Waals surface area contributed by atoms with E-state index >= 15 is 0 Å². The highest BCUT2D eigenvalue weighted by molar-refractivity contribution is 7.69. The van der Waals surface area contributed by atoms with E-state index in [1.165, 1.54) is 22.3 Å². The third-order valence-electron chi connectivity index (χ3n) is 5.77. The predicted octanol–water partition coefficient (Wildman–Crippen LogP) is 3.68. The van der Waals surface area contributed by atoms with Crippen molar-refractivity contribution in [3.8, 4) is 0 Å². The SMILES string of the molecule is NC(=O)CC(Cc1ccccc1)/[SH]=N/C(=O)Nc1c2c(cc3c1CCC3)CCC2. The molecule has 2 aliphatic carbocycles. The van der Waals surface area contributed by atoms with Crippen LogP contribution < -0.4 is 11.1 Å². The van der Waals surface area contributed by atoms with Crippen molar-refractivity contribution in [2.45, 2.75) is 56.6 Å². The molecule has 0 saturated carbocycles. The van der Waals surface area contributed by atoms with Crippen LogP contribution in [-0.4, -0.2) is 17.2 Å². The summed E-state index contributed by atoms with van der Waals surface area (Å²) in [6, 6.07) is 11.9. The van der Waals surface area contributed by atoms with Crippen LogP contribution in [0.25, 0.3) is 0 Å². The Labute approximate surface area is 175 Å². The molecule has 1 atom stereocenters. The van der Waals surface area contributed by atoms with Gasteiger partial charge >= 0.3 is 6.03 Å². The maximum absolute atomic E-state index is 12.7. The lowest BCUT2D eigenvalue weighted by Gasteiger charge is -2.15. The first-order valence-corrected chi connectivity index (χ1v) is 11.2. The van der Waals surface area contributed by atoms with Gasteiger partial charge in [0.15, 0.2) is 0 Å². The molecule has 0 saturated heterocycles. The highest BCUT2D eigenvalue weighted by atomic mass is 32.1. The minimum atomic E-state index is -0.368. The zero-order valence-electron chi connectivity index (χ0n) is 16.5. The number of carbonyl (C=O) groups is 2. The second kappa shape index (κ2) is 8.91. The average Bonchev–Trinajstić information content (AvgIpc) is 3.35. The number of hydrogen-bond acceptors (Lipinski definition) is 2. The standard InChI is InChI=1S/C23H27N3O2S/c24-21(27)14-18(12-15-6-2-1-3-7-15)29-26-23(28)25-22-19-10-4-8-16(19)13-17-9-5-11-20(17)22/h1-3,6-7,13,18,29H,4-5,8-12,14H2,(H2,24,27)(H,25,28). The quantitative estimate of drug-likeness (QED) is 0.636. The maximum Gasteiger partial charge on any atom is 0.351 e. The number of nitrogens with one attached hydrogen (secondary N) is 1. The van der Waals surface area contributed by atoms with Crippen LogP contribution in [0.5, 0.6) is 0 Å². The van der Waals surface area contributed by atoms with Crippen LogP contribution in [-0.2, 0) is 48.5 Å². The van der Waals surface area contributed by atoms with Crippen molar-refractivity contribution in [3.63, 3.8) is 0 Å².